The highest BCUT2D eigenvalue weighted by Crippen LogP contribution is 2.29. The lowest BCUT2D eigenvalue weighted by molar-refractivity contribution is -0.127. The molecule has 4 heteroatoms. The maximum atomic E-state index is 13.0. The second-order valence-corrected chi connectivity index (χ2v) is 6.63. The molecule has 0 aliphatic heterocycles. The summed E-state index contributed by atoms with van der Waals surface area (Å²) >= 11 is 3.42. The monoisotopic (exact) mass is 373 g/mol. The first-order chi connectivity index (χ1) is 11.1. The summed E-state index contributed by atoms with van der Waals surface area (Å²) in [7, 11) is 0. The zero-order chi connectivity index (χ0) is 16.2. The van der Waals surface area contributed by atoms with Crippen molar-refractivity contribution >= 4 is 27.9 Å². The number of benzene rings is 2. The van der Waals surface area contributed by atoms with E-state index in [4.69, 9.17) is 0 Å². The van der Waals surface area contributed by atoms with Crippen LogP contribution in [0.3, 0.4) is 0 Å². The minimum absolute atomic E-state index is 0.00296. The third-order valence-electron chi connectivity index (χ3n) is 3.80. The zero-order valence-electron chi connectivity index (χ0n) is 12.6. The normalized spacial score (nSPS) is 14.2. The summed E-state index contributed by atoms with van der Waals surface area (Å²) in [6.07, 6.45) is 5.52. The Bertz CT molecular complexity index is 722. The van der Waals surface area contributed by atoms with Crippen molar-refractivity contribution in [2.45, 2.75) is 25.4 Å². The van der Waals surface area contributed by atoms with Crippen LogP contribution < -0.4 is 0 Å². The molecular formula is C19H17BrFNO. The van der Waals surface area contributed by atoms with E-state index >= 15 is 0 Å². The molecule has 1 aliphatic rings. The van der Waals surface area contributed by atoms with Crippen LogP contribution in [0.1, 0.15) is 24.0 Å². The first-order valence-corrected chi connectivity index (χ1v) is 8.40. The minimum atomic E-state index is -0.257. The van der Waals surface area contributed by atoms with Crippen LogP contribution in [-0.4, -0.2) is 16.8 Å². The third-order valence-corrected chi connectivity index (χ3v) is 4.30. The number of nitrogens with zero attached hydrogens (tertiary/aromatic N) is 1. The summed E-state index contributed by atoms with van der Waals surface area (Å²) < 4.78 is 14.0. The molecule has 0 aromatic heterocycles. The zero-order valence-corrected chi connectivity index (χ0v) is 14.2. The van der Waals surface area contributed by atoms with E-state index in [0.29, 0.717) is 12.6 Å². The molecule has 2 aromatic carbocycles. The van der Waals surface area contributed by atoms with Gasteiger partial charge in [0.1, 0.15) is 5.82 Å². The molecule has 0 unspecified atom stereocenters. The molecule has 2 aromatic rings. The Morgan fingerprint density at radius 1 is 1.22 bits per heavy atom. The van der Waals surface area contributed by atoms with E-state index in [1.165, 1.54) is 12.1 Å². The van der Waals surface area contributed by atoms with Gasteiger partial charge in [-0.3, -0.25) is 4.79 Å². The van der Waals surface area contributed by atoms with Gasteiger partial charge in [0.25, 0.3) is 0 Å². The number of rotatable bonds is 5. The van der Waals surface area contributed by atoms with Crippen LogP contribution in [0.2, 0.25) is 0 Å². The van der Waals surface area contributed by atoms with Gasteiger partial charge in [-0.2, -0.15) is 0 Å². The molecule has 1 amide bonds. The number of carbonyl (C=O) groups excluding carboxylic acids is 1. The highest BCUT2D eigenvalue weighted by molar-refractivity contribution is 9.10. The van der Waals surface area contributed by atoms with Gasteiger partial charge in [0, 0.05) is 23.1 Å². The van der Waals surface area contributed by atoms with E-state index in [-0.39, 0.29) is 11.7 Å². The fraction of sp³-hybridized carbons (Fsp3) is 0.211. The molecule has 0 atom stereocenters. The van der Waals surface area contributed by atoms with Crippen LogP contribution >= 0.6 is 15.9 Å². The summed E-state index contributed by atoms with van der Waals surface area (Å²) in [5.41, 5.74) is 1.92. The lowest BCUT2D eigenvalue weighted by Gasteiger charge is -2.21. The van der Waals surface area contributed by atoms with Crippen LogP contribution in [0.15, 0.2) is 59.1 Å². The number of hydrogen-bond donors (Lipinski definition) is 0. The van der Waals surface area contributed by atoms with Gasteiger partial charge >= 0.3 is 0 Å². The average molecular weight is 374 g/mol. The van der Waals surface area contributed by atoms with Crippen LogP contribution in [0, 0.1) is 5.82 Å². The molecule has 118 valence electrons. The molecular weight excluding hydrogens is 357 g/mol. The Labute approximate surface area is 143 Å². The summed E-state index contributed by atoms with van der Waals surface area (Å²) in [5.74, 6) is -0.260. The van der Waals surface area contributed by atoms with Crippen LogP contribution in [0.4, 0.5) is 4.39 Å². The highest BCUT2D eigenvalue weighted by atomic mass is 79.9. The number of halogens is 2. The molecule has 2 nitrogen and oxygen atoms in total. The largest absolute Gasteiger partial charge is 0.332 e. The van der Waals surface area contributed by atoms with Gasteiger partial charge < -0.3 is 4.90 Å². The summed E-state index contributed by atoms with van der Waals surface area (Å²) in [6, 6.07) is 14.4. The topological polar surface area (TPSA) is 20.3 Å². The van der Waals surface area contributed by atoms with Crippen LogP contribution in [-0.2, 0) is 11.3 Å². The Kier molecular flexibility index (Phi) is 4.91. The van der Waals surface area contributed by atoms with Gasteiger partial charge in [0.2, 0.25) is 5.91 Å². The van der Waals surface area contributed by atoms with Gasteiger partial charge in [-0.25, -0.2) is 4.39 Å². The number of amides is 1. The van der Waals surface area contributed by atoms with Crippen molar-refractivity contribution in [1.29, 1.82) is 0 Å². The number of hydrogen-bond acceptors (Lipinski definition) is 1. The standard InChI is InChI=1S/C19H17BrFNO/c20-16-3-1-2-14(12-16)6-11-19(23)22(18-9-10-18)13-15-4-7-17(21)8-5-15/h1-8,11-12,18H,9-10,13H2. The predicted molar refractivity (Wildman–Crippen MR) is 93.1 cm³/mol. The Hall–Kier alpha value is -1.94. The fourth-order valence-electron chi connectivity index (χ4n) is 2.43. The first-order valence-electron chi connectivity index (χ1n) is 7.60. The molecule has 23 heavy (non-hydrogen) atoms. The van der Waals surface area contributed by atoms with Crippen LogP contribution in [0.5, 0.6) is 0 Å². The van der Waals surface area contributed by atoms with Gasteiger partial charge in [-0.1, -0.05) is 40.2 Å². The molecule has 0 N–H and O–H groups in total. The van der Waals surface area contributed by atoms with Crippen molar-refractivity contribution in [2.75, 3.05) is 0 Å². The Balaban J connectivity index is 1.70. The molecule has 0 radical (unpaired) electrons. The van der Waals surface area contributed by atoms with Crippen molar-refractivity contribution < 1.29 is 9.18 Å². The predicted octanol–water partition coefficient (Wildman–Crippen LogP) is 4.79. The Morgan fingerprint density at radius 3 is 2.61 bits per heavy atom. The maximum absolute atomic E-state index is 13.0. The molecule has 0 bridgehead atoms. The Morgan fingerprint density at radius 2 is 1.96 bits per heavy atom. The molecule has 0 spiro atoms. The summed E-state index contributed by atoms with van der Waals surface area (Å²) in [4.78, 5) is 14.4. The average Bonchev–Trinajstić information content (AvgIpc) is 3.37. The summed E-state index contributed by atoms with van der Waals surface area (Å²) in [5, 5.41) is 0. The van der Waals surface area contributed by atoms with E-state index in [2.05, 4.69) is 15.9 Å². The van der Waals surface area contributed by atoms with Crippen molar-refractivity contribution in [2.24, 2.45) is 0 Å². The minimum Gasteiger partial charge on any atom is -0.332 e. The molecule has 1 saturated carbocycles. The van der Waals surface area contributed by atoms with Gasteiger partial charge in [0.05, 0.1) is 0 Å². The van der Waals surface area contributed by atoms with E-state index in [1.54, 1.807) is 18.2 Å². The van der Waals surface area contributed by atoms with Crippen molar-refractivity contribution in [3.63, 3.8) is 0 Å². The summed E-state index contributed by atoms with van der Waals surface area (Å²) in [6.45, 7) is 0.520. The van der Waals surface area contributed by atoms with Gasteiger partial charge in [-0.15, -0.1) is 0 Å². The maximum Gasteiger partial charge on any atom is 0.247 e. The molecule has 0 heterocycles. The number of carbonyl (C=O) groups is 1. The van der Waals surface area contributed by atoms with Crippen molar-refractivity contribution in [1.82, 2.24) is 4.90 Å². The molecule has 1 fully saturated rings. The molecule has 1 aliphatic carbocycles. The van der Waals surface area contributed by atoms with E-state index in [1.807, 2.05) is 35.2 Å². The quantitative estimate of drug-likeness (QED) is 0.689. The second-order valence-electron chi connectivity index (χ2n) is 5.71. The lowest BCUT2D eigenvalue weighted by atomic mass is 10.2. The molecule has 3 rings (SSSR count). The second kappa shape index (κ2) is 7.09. The SMILES string of the molecule is O=C(C=Cc1cccc(Br)c1)N(Cc1ccc(F)cc1)C1CC1. The van der Waals surface area contributed by atoms with Crippen molar-refractivity contribution in [3.8, 4) is 0 Å². The third kappa shape index (κ3) is 4.52. The lowest BCUT2D eigenvalue weighted by Crippen LogP contribution is -2.31. The first kappa shape index (κ1) is 15.9. The highest BCUT2D eigenvalue weighted by Gasteiger charge is 2.31. The molecule has 0 saturated heterocycles. The smallest absolute Gasteiger partial charge is 0.247 e. The van der Waals surface area contributed by atoms with E-state index < -0.39 is 0 Å². The van der Waals surface area contributed by atoms with Gasteiger partial charge in [-0.05, 0) is 54.3 Å². The van der Waals surface area contributed by atoms with E-state index in [0.717, 1.165) is 28.4 Å². The van der Waals surface area contributed by atoms with Gasteiger partial charge in [0.15, 0.2) is 0 Å². The van der Waals surface area contributed by atoms with E-state index in [9.17, 15) is 9.18 Å². The van der Waals surface area contributed by atoms with Crippen LogP contribution in [0.25, 0.3) is 6.08 Å². The fourth-order valence-corrected chi connectivity index (χ4v) is 2.85. The van der Waals surface area contributed by atoms with Crippen molar-refractivity contribution in [3.05, 3.63) is 76.0 Å².